The van der Waals surface area contributed by atoms with Crippen molar-refractivity contribution in [2.45, 2.75) is 24.8 Å². The highest BCUT2D eigenvalue weighted by atomic mass is 15.2. The van der Waals surface area contributed by atoms with Crippen LogP contribution in [-0.2, 0) is 6.42 Å². The number of nitrogens with zero attached hydrogens (tertiary/aromatic N) is 2. The van der Waals surface area contributed by atoms with E-state index in [1.165, 1.54) is 11.1 Å². The van der Waals surface area contributed by atoms with Crippen LogP contribution in [0.2, 0.25) is 0 Å². The standard InChI is InChI=1S/C14H19N3/c1-17-9-8-16-13(17)12-5-3-2-4-11(12)10-14(15)6-7-14/h2-5H,6-10,15H2,1H3. The molecule has 0 atom stereocenters. The van der Waals surface area contributed by atoms with Crippen molar-refractivity contribution in [1.82, 2.24) is 4.90 Å². The minimum absolute atomic E-state index is 0.0633. The Labute approximate surface area is 102 Å². The number of nitrogens with two attached hydrogens (primary N) is 1. The predicted molar refractivity (Wildman–Crippen MR) is 70.3 cm³/mol. The zero-order valence-corrected chi connectivity index (χ0v) is 10.3. The molecule has 0 amide bonds. The summed E-state index contributed by atoms with van der Waals surface area (Å²) in [5, 5.41) is 0. The summed E-state index contributed by atoms with van der Waals surface area (Å²) in [5.74, 6) is 1.13. The van der Waals surface area contributed by atoms with E-state index in [-0.39, 0.29) is 5.54 Å². The molecule has 1 heterocycles. The lowest BCUT2D eigenvalue weighted by Gasteiger charge is -2.18. The molecule has 1 aliphatic heterocycles. The predicted octanol–water partition coefficient (Wildman–Crippen LogP) is 1.41. The van der Waals surface area contributed by atoms with Crippen LogP contribution in [0.25, 0.3) is 0 Å². The lowest BCUT2D eigenvalue weighted by molar-refractivity contribution is 0.555. The van der Waals surface area contributed by atoms with Gasteiger partial charge in [-0.3, -0.25) is 4.99 Å². The first-order valence-electron chi connectivity index (χ1n) is 6.31. The third kappa shape index (κ3) is 2.07. The summed E-state index contributed by atoms with van der Waals surface area (Å²) in [7, 11) is 2.11. The van der Waals surface area contributed by atoms with Crippen molar-refractivity contribution in [1.29, 1.82) is 0 Å². The number of amidine groups is 1. The zero-order valence-electron chi connectivity index (χ0n) is 10.3. The Balaban J connectivity index is 1.93. The van der Waals surface area contributed by atoms with E-state index < -0.39 is 0 Å². The summed E-state index contributed by atoms with van der Waals surface area (Å²) < 4.78 is 0. The molecule has 2 N–H and O–H groups in total. The largest absolute Gasteiger partial charge is 0.358 e. The van der Waals surface area contributed by atoms with Crippen molar-refractivity contribution in [2.24, 2.45) is 10.7 Å². The normalized spacial score (nSPS) is 21.5. The second-order valence-electron chi connectivity index (χ2n) is 5.32. The summed E-state index contributed by atoms with van der Waals surface area (Å²) >= 11 is 0. The third-order valence-electron chi connectivity index (χ3n) is 3.75. The van der Waals surface area contributed by atoms with Crippen LogP contribution in [0.4, 0.5) is 0 Å². The van der Waals surface area contributed by atoms with Gasteiger partial charge in [0, 0.05) is 24.7 Å². The van der Waals surface area contributed by atoms with Gasteiger partial charge in [-0.2, -0.15) is 0 Å². The molecule has 0 unspecified atom stereocenters. The molecule has 2 aliphatic rings. The van der Waals surface area contributed by atoms with Gasteiger partial charge in [-0.15, -0.1) is 0 Å². The first kappa shape index (κ1) is 10.8. The number of aliphatic imine (C=N–C) groups is 1. The van der Waals surface area contributed by atoms with Crippen LogP contribution in [-0.4, -0.2) is 36.4 Å². The Hall–Kier alpha value is -1.35. The van der Waals surface area contributed by atoms with Crippen molar-refractivity contribution in [2.75, 3.05) is 20.1 Å². The third-order valence-corrected chi connectivity index (χ3v) is 3.75. The van der Waals surface area contributed by atoms with E-state index in [9.17, 15) is 0 Å². The van der Waals surface area contributed by atoms with Gasteiger partial charge in [0.2, 0.25) is 0 Å². The van der Waals surface area contributed by atoms with Crippen LogP contribution in [0.1, 0.15) is 24.0 Å². The molecule has 0 saturated heterocycles. The number of rotatable bonds is 3. The van der Waals surface area contributed by atoms with Gasteiger partial charge in [0.25, 0.3) is 0 Å². The van der Waals surface area contributed by atoms with Gasteiger partial charge < -0.3 is 10.6 Å². The fraction of sp³-hybridized carbons (Fsp3) is 0.500. The summed E-state index contributed by atoms with van der Waals surface area (Å²) in [6, 6.07) is 8.54. The summed E-state index contributed by atoms with van der Waals surface area (Å²) in [5.41, 5.74) is 8.91. The number of likely N-dealkylation sites (N-methyl/N-ethyl adjacent to an activating group) is 1. The smallest absolute Gasteiger partial charge is 0.131 e. The maximum Gasteiger partial charge on any atom is 0.131 e. The molecule has 0 spiro atoms. The van der Waals surface area contributed by atoms with Gasteiger partial charge in [0.05, 0.1) is 6.54 Å². The lowest BCUT2D eigenvalue weighted by atomic mass is 9.98. The highest BCUT2D eigenvalue weighted by Gasteiger charge is 2.38. The molecule has 90 valence electrons. The van der Waals surface area contributed by atoms with Gasteiger partial charge in [-0.05, 0) is 24.8 Å². The van der Waals surface area contributed by atoms with E-state index in [1.807, 2.05) is 0 Å². The minimum Gasteiger partial charge on any atom is -0.358 e. The molecule has 17 heavy (non-hydrogen) atoms. The Morgan fingerprint density at radius 1 is 1.35 bits per heavy atom. The molecule has 1 saturated carbocycles. The van der Waals surface area contributed by atoms with Crippen molar-refractivity contribution in [3.05, 3.63) is 35.4 Å². The highest BCUT2D eigenvalue weighted by Crippen LogP contribution is 2.36. The van der Waals surface area contributed by atoms with E-state index in [2.05, 4.69) is 41.2 Å². The Kier molecular flexibility index (Phi) is 2.44. The van der Waals surface area contributed by atoms with E-state index >= 15 is 0 Å². The molecule has 1 fully saturated rings. The summed E-state index contributed by atoms with van der Waals surface area (Å²) in [6.07, 6.45) is 3.29. The fourth-order valence-electron chi connectivity index (χ4n) is 2.43. The molecule has 1 aromatic carbocycles. The van der Waals surface area contributed by atoms with Crippen molar-refractivity contribution >= 4 is 5.84 Å². The van der Waals surface area contributed by atoms with Gasteiger partial charge >= 0.3 is 0 Å². The van der Waals surface area contributed by atoms with Crippen LogP contribution < -0.4 is 5.73 Å². The van der Waals surface area contributed by atoms with E-state index in [1.54, 1.807) is 0 Å². The van der Waals surface area contributed by atoms with Crippen molar-refractivity contribution in [3.63, 3.8) is 0 Å². The average molecular weight is 229 g/mol. The SMILES string of the molecule is CN1CCN=C1c1ccccc1CC1(N)CC1. The molecular weight excluding hydrogens is 210 g/mol. The minimum atomic E-state index is 0.0633. The molecule has 0 radical (unpaired) electrons. The number of hydrogen-bond acceptors (Lipinski definition) is 3. The Bertz CT molecular complexity index is 460. The monoisotopic (exact) mass is 229 g/mol. The van der Waals surface area contributed by atoms with Crippen LogP contribution in [0, 0.1) is 0 Å². The highest BCUT2D eigenvalue weighted by molar-refractivity contribution is 6.00. The number of benzene rings is 1. The van der Waals surface area contributed by atoms with E-state index in [0.29, 0.717) is 0 Å². The fourth-order valence-corrected chi connectivity index (χ4v) is 2.43. The maximum atomic E-state index is 6.23. The summed E-state index contributed by atoms with van der Waals surface area (Å²) in [6.45, 7) is 1.94. The molecule has 1 aromatic rings. The van der Waals surface area contributed by atoms with E-state index in [0.717, 1.165) is 38.2 Å². The first-order valence-corrected chi connectivity index (χ1v) is 6.31. The second kappa shape index (κ2) is 3.84. The molecule has 3 nitrogen and oxygen atoms in total. The van der Waals surface area contributed by atoms with Crippen LogP contribution in [0.15, 0.2) is 29.3 Å². The first-order chi connectivity index (χ1) is 8.18. The van der Waals surface area contributed by atoms with Crippen LogP contribution in [0.5, 0.6) is 0 Å². The van der Waals surface area contributed by atoms with Gasteiger partial charge in [-0.1, -0.05) is 24.3 Å². The maximum absolute atomic E-state index is 6.23. The van der Waals surface area contributed by atoms with Gasteiger partial charge in [-0.25, -0.2) is 0 Å². The molecule has 3 heteroatoms. The lowest BCUT2D eigenvalue weighted by Crippen LogP contribution is -2.28. The van der Waals surface area contributed by atoms with Crippen molar-refractivity contribution in [3.8, 4) is 0 Å². The number of hydrogen-bond donors (Lipinski definition) is 1. The topological polar surface area (TPSA) is 41.6 Å². The van der Waals surface area contributed by atoms with E-state index in [4.69, 9.17) is 5.73 Å². The van der Waals surface area contributed by atoms with Crippen molar-refractivity contribution < 1.29 is 0 Å². The molecule has 0 aromatic heterocycles. The van der Waals surface area contributed by atoms with Crippen LogP contribution >= 0.6 is 0 Å². The Morgan fingerprint density at radius 2 is 2.12 bits per heavy atom. The summed E-state index contributed by atoms with van der Waals surface area (Å²) in [4.78, 5) is 6.83. The van der Waals surface area contributed by atoms with Gasteiger partial charge in [0.15, 0.2) is 0 Å². The molecule has 0 bridgehead atoms. The molecule has 1 aliphatic carbocycles. The van der Waals surface area contributed by atoms with Gasteiger partial charge in [0.1, 0.15) is 5.84 Å². The zero-order chi connectivity index (χ0) is 11.9. The Morgan fingerprint density at radius 3 is 2.76 bits per heavy atom. The average Bonchev–Trinajstić information content (AvgIpc) is 2.88. The quantitative estimate of drug-likeness (QED) is 0.851. The second-order valence-corrected chi connectivity index (χ2v) is 5.32. The molecular formula is C14H19N3. The van der Waals surface area contributed by atoms with Crippen LogP contribution in [0.3, 0.4) is 0 Å². The molecule has 3 rings (SSSR count).